The first-order chi connectivity index (χ1) is 9.13. The number of anilines is 2. The van der Waals surface area contributed by atoms with Gasteiger partial charge in [0.15, 0.2) is 0 Å². The van der Waals surface area contributed by atoms with Crippen LogP contribution in [0.1, 0.15) is 6.92 Å². The number of nitrogens with zero attached hydrogens (tertiary/aromatic N) is 2. The zero-order chi connectivity index (χ0) is 13.8. The molecule has 1 aliphatic heterocycles. The summed E-state index contributed by atoms with van der Waals surface area (Å²) < 4.78 is 0. The second-order valence-corrected chi connectivity index (χ2v) is 4.80. The van der Waals surface area contributed by atoms with Gasteiger partial charge in [0.25, 0.3) is 0 Å². The Kier molecular flexibility index (Phi) is 4.27. The lowest BCUT2D eigenvalue weighted by molar-refractivity contribution is -0.129. The molecule has 1 saturated heterocycles. The molecule has 19 heavy (non-hydrogen) atoms. The van der Waals surface area contributed by atoms with Crippen molar-refractivity contribution < 1.29 is 9.59 Å². The maximum atomic E-state index is 11.3. The van der Waals surface area contributed by atoms with E-state index in [9.17, 15) is 9.59 Å². The molecule has 1 aromatic rings. The van der Waals surface area contributed by atoms with Crippen LogP contribution >= 0.6 is 11.6 Å². The van der Waals surface area contributed by atoms with E-state index < -0.39 is 0 Å². The van der Waals surface area contributed by atoms with E-state index in [0.29, 0.717) is 43.3 Å². The van der Waals surface area contributed by atoms with Crippen LogP contribution in [0.25, 0.3) is 0 Å². The van der Waals surface area contributed by atoms with Crippen LogP contribution in [0, 0.1) is 0 Å². The zero-order valence-electron chi connectivity index (χ0n) is 10.7. The average molecular weight is 282 g/mol. The van der Waals surface area contributed by atoms with Crippen molar-refractivity contribution in [3.63, 3.8) is 0 Å². The Balaban J connectivity index is 2.19. The minimum Gasteiger partial charge on any atom is -0.365 e. The molecule has 2 amide bonds. The summed E-state index contributed by atoms with van der Waals surface area (Å²) in [6, 6.07) is 5.40. The summed E-state index contributed by atoms with van der Waals surface area (Å²) in [5, 5.41) is 3.26. The quantitative estimate of drug-likeness (QED) is 0.856. The van der Waals surface area contributed by atoms with Crippen molar-refractivity contribution in [2.75, 3.05) is 36.4 Å². The Hall–Kier alpha value is -1.75. The van der Waals surface area contributed by atoms with Gasteiger partial charge in [-0.3, -0.25) is 9.59 Å². The molecule has 1 aliphatic rings. The maximum Gasteiger partial charge on any atom is 0.219 e. The van der Waals surface area contributed by atoms with Crippen LogP contribution in [-0.2, 0) is 9.59 Å². The highest BCUT2D eigenvalue weighted by atomic mass is 35.5. The van der Waals surface area contributed by atoms with Gasteiger partial charge in [0, 0.05) is 33.1 Å². The minimum atomic E-state index is 0.0880. The molecule has 0 unspecified atom stereocenters. The van der Waals surface area contributed by atoms with Crippen molar-refractivity contribution >= 4 is 35.3 Å². The molecule has 0 radical (unpaired) electrons. The normalized spacial score (nSPS) is 15.3. The van der Waals surface area contributed by atoms with Crippen molar-refractivity contribution in [2.24, 2.45) is 0 Å². The van der Waals surface area contributed by atoms with E-state index in [-0.39, 0.29) is 5.91 Å². The van der Waals surface area contributed by atoms with Gasteiger partial charge in [0.05, 0.1) is 16.4 Å². The highest BCUT2D eigenvalue weighted by Gasteiger charge is 2.22. The van der Waals surface area contributed by atoms with E-state index >= 15 is 0 Å². The van der Waals surface area contributed by atoms with Gasteiger partial charge in [-0.25, -0.2) is 0 Å². The van der Waals surface area contributed by atoms with Crippen molar-refractivity contribution in [3.05, 3.63) is 23.2 Å². The van der Waals surface area contributed by atoms with Crippen LogP contribution in [0.15, 0.2) is 18.2 Å². The summed E-state index contributed by atoms with van der Waals surface area (Å²) in [7, 11) is 0. The lowest BCUT2D eigenvalue weighted by Gasteiger charge is -2.36. The standard InChI is InChI=1S/C13H16ClN3O2/c1-10(19)16-5-7-17(8-6-16)13-11(14)3-2-4-12(13)15-9-18/h2-4,9H,5-8H2,1H3,(H,15,18). The van der Waals surface area contributed by atoms with Gasteiger partial charge in [-0.05, 0) is 12.1 Å². The van der Waals surface area contributed by atoms with Gasteiger partial charge in [-0.1, -0.05) is 17.7 Å². The average Bonchev–Trinajstić information content (AvgIpc) is 2.39. The molecule has 6 heteroatoms. The second-order valence-electron chi connectivity index (χ2n) is 4.39. The molecule has 1 fully saturated rings. The molecule has 1 aromatic carbocycles. The summed E-state index contributed by atoms with van der Waals surface area (Å²) >= 11 is 6.22. The Labute approximate surface area is 117 Å². The Morgan fingerprint density at radius 3 is 2.58 bits per heavy atom. The molecule has 0 bridgehead atoms. The first kappa shape index (κ1) is 13.7. The largest absolute Gasteiger partial charge is 0.365 e. The van der Waals surface area contributed by atoms with Crippen LogP contribution < -0.4 is 10.2 Å². The molecular weight excluding hydrogens is 266 g/mol. The fourth-order valence-electron chi connectivity index (χ4n) is 2.26. The Bertz CT molecular complexity index is 485. The topological polar surface area (TPSA) is 52.7 Å². The van der Waals surface area contributed by atoms with Gasteiger partial charge in [-0.15, -0.1) is 0 Å². The SMILES string of the molecule is CC(=O)N1CCN(c2c(Cl)cccc2NC=O)CC1. The van der Waals surface area contributed by atoms with Gasteiger partial charge < -0.3 is 15.1 Å². The summed E-state index contributed by atoms with van der Waals surface area (Å²) in [6.07, 6.45) is 0.640. The van der Waals surface area contributed by atoms with Crippen LogP contribution in [0.4, 0.5) is 11.4 Å². The molecule has 102 valence electrons. The molecule has 0 aromatic heterocycles. The molecule has 0 spiro atoms. The molecule has 5 nitrogen and oxygen atoms in total. The van der Waals surface area contributed by atoms with Crippen molar-refractivity contribution in [2.45, 2.75) is 6.92 Å². The monoisotopic (exact) mass is 281 g/mol. The first-order valence-electron chi connectivity index (χ1n) is 6.12. The Morgan fingerprint density at radius 2 is 2.00 bits per heavy atom. The third kappa shape index (κ3) is 2.98. The molecule has 1 heterocycles. The minimum absolute atomic E-state index is 0.0880. The molecule has 2 rings (SSSR count). The van der Waals surface area contributed by atoms with Gasteiger partial charge in [0.2, 0.25) is 12.3 Å². The molecule has 0 saturated carbocycles. The highest BCUT2D eigenvalue weighted by molar-refractivity contribution is 6.34. The number of rotatable bonds is 3. The number of amides is 2. The van der Waals surface area contributed by atoms with E-state index in [4.69, 9.17) is 11.6 Å². The number of hydrogen-bond donors (Lipinski definition) is 1. The first-order valence-corrected chi connectivity index (χ1v) is 6.50. The third-order valence-electron chi connectivity index (χ3n) is 3.24. The van der Waals surface area contributed by atoms with Crippen LogP contribution in [0.2, 0.25) is 5.02 Å². The van der Waals surface area contributed by atoms with E-state index in [1.165, 1.54) is 0 Å². The number of carbonyl (C=O) groups is 2. The molecule has 0 atom stereocenters. The number of carbonyl (C=O) groups excluding carboxylic acids is 2. The van der Waals surface area contributed by atoms with Gasteiger partial charge in [0.1, 0.15) is 0 Å². The van der Waals surface area contributed by atoms with Crippen molar-refractivity contribution in [1.29, 1.82) is 0 Å². The predicted octanol–water partition coefficient (Wildman–Crippen LogP) is 1.58. The second kappa shape index (κ2) is 5.93. The predicted molar refractivity (Wildman–Crippen MR) is 75.6 cm³/mol. The van der Waals surface area contributed by atoms with Crippen molar-refractivity contribution in [3.8, 4) is 0 Å². The highest BCUT2D eigenvalue weighted by Crippen LogP contribution is 2.34. The maximum absolute atomic E-state index is 11.3. The van der Waals surface area contributed by atoms with E-state index in [2.05, 4.69) is 10.2 Å². The molecule has 1 N–H and O–H groups in total. The smallest absolute Gasteiger partial charge is 0.219 e. The lowest BCUT2D eigenvalue weighted by Crippen LogP contribution is -2.48. The number of benzene rings is 1. The zero-order valence-corrected chi connectivity index (χ0v) is 11.5. The van der Waals surface area contributed by atoms with Crippen LogP contribution in [-0.4, -0.2) is 43.4 Å². The Morgan fingerprint density at radius 1 is 1.32 bits per heavy atom. The van der Waals surface area contributed by atoms with Crippen LogP contribution in [0.5, 0.6) is 0 Å². The number of hydrogen-bond acceptors (Lipinski definition) is 3. The third-order valence-corrected chi connectivity index (χ3v) is 3.55. The summed E-state index contributed by atoms with van der Waals surface area (Å²) in [4.78, 5) is 25.8. The fourth-order valence-corrected chi connectivity index (χ4v) is 2.56. The van der Waals surface area contributed by atoms with Gasteiger partial charge >= 0.3 is 0 Å². The van der Waals surface area contributed by atoms with Gasteiger partial charge in [-0.2, -0.15) is 0 Å². The summed E-state index contributed by atoms with van der Waals surface area (Å²) in [6.45, 7) is 4.32. The number of nitrogens with one attached hydrogen (secondary N) is 1. The number of piperazine rings is 1. The summed E-state index contributed by atoms with van der Waals surface area (Å²) in [5.74, 6) is 0.0880. The number of halogens is 1. The van der Waals surface area contributed by atoms with E-state index in [1.54, 1.807) is 24.0 Å². The van der Waals surface area contributed by atoms with E-state index in [0.717, 1.165) is 5.69 Å². The number of para-hydroxylation sites is 1. The summed E-state index contributed by atoms with van der Waals surface area (Å²) in [5.41, 5.74) is 1.51. The van der Waals surface area contributed by atoms with Crippen LogP contribution in [0.3, 0.4) is 0 Å². The lowest BCUT2D eigenvalue weighted by atomic mass is 10.2. The molecular formula is C13H16ClN3O2. The molecule has 0 aliphatic carbocycles. The fraction of sp³-hybridized carbons (Fsp3) is 0.385. The van der Waals surface area contributed by atoms with Crippen molar-refractivity contribution in [1.82, 2.24) is 4.90 Å². The van der Waals surface area contributed by atoms with E-state index in [1.807, 2.05) is 6.07 Å².